The van der Waals surface area contributed by atoms with Gasteiger partial charge in [-0.05, 0) is 37.5 Å². The Kier molecular flexibility index (Phi) is 2.73. The van der Waals surface area contributed by atoms with Gasteiger partial charge in [-0.15, -0.1) is 0 Å². The van der Waals surface area contributed by atoms with Gasteiger partial charge in [0.1, 0.15) is 0 Å². The van der Waals surface area contributed by atoms with E-state index in [2.05, 4.69) is 39.0 Å². The Morgan fingerprint density at radius 2 is 1.81 bits per heavy atom. The molecule has 1 aliphatic rings. The highest BCUT2D eigenvalue weighted by molar-refractivity contribution is 5.44. The van der Waals surface area contributed by atoms with Crippen molar-refractivity contribution in [2.24, 2.45) is 0 Å². The van der Waals surface area contributed by atoms with Crippen molar-refractivity contribution in [2.75, 3.05) is 13.2 Å². The number of hydrogen-bond acceptors (Lipinski definition) is 2. The number of benzene rings is 1. The number of nitrogens with zero attached hydrogens (tertiary/aromatic N) is 1. The summed E-state index contributed by atoms with van der Waals surface area (Å²) in [6.07, 6.45) is 0.553. The van der Waals surface area contributed by atoms with Crippen LogP contribution in [-0.4, -0.2) is 13.2 Å². The molecule has 0 spiro atoms. The maximum atomic E-state index is 8.96. The SMILES string of the molecule is Cc1cc(C)c(C2(CC#N)COC2)c(C)c1. The zero-order chi connectivity index (χ0) is 11.8. The van der Waals surface area contributed by atoms with Crippen LogP contribution in [0, 0.1) is 32.1 Å². The van der Waals surface area contributed by atoms with E-state index in [9.17, 15) is 0 Å². The molecule has 84 valence electrons. The standard InChI is InChI=1S/C14H17NO/c1-10-6-11(2)13(12(3)7-10)14(4-5-15)8-16-9-14/h6-7H,4,8-9H2,1-3H3. The molecule has 0 atom stereocenters. The van der Waals surface area contributed by atoms with Gasteiger partial charge < -0.3 is 4.74 Å². The van der Waals surface area contributed by atoms with E-state index in [1.165, 1.54) is 22.3 Å². The maximum absolute atomic E-state index is 8.96. The van der Waals surface area contributed by atoms with Crippen LogP contribution in [0.15, 0.2) is 12.1 Å². The van der Waals surface area contributed by atoms with Crippen LogP contribution in [0.1, 0.15) is 28.7 Å². The van der Waals surface area contributed by atoms with Gasteiger partial charge in [0, 0.05) is 6.42 Å². The van der Waals surface area contributed by atoms with Crippen molar-refractivity contribution in [3.8, 4) is 6.07 Å². The first-order chi connectivity index (χ1) is 7.59. The lowest BCUT2D eigenvalue weighted by Crippen LogP contribution is -2.47. The third-order valence-corrected chi connectivity index (χ3v) is 3.38. The van der Waals surface area contributed by atoms with Crippen LogP contribution in [0.4, 0.5) is 0 Å². The normalized spacial score (nSPS) is 17.6. The van der Waals surface area contributed by atoms with E-state index in [4.69, 9.17) is 10.00 Å². The van der Waals surface area contributed by atoms with Gasteiger partial charge in [0.25, 0.3) is 0 Å². The highest BCUT2D eigenvalue weighted by Crippen LogP contribution is 2.39. The first-order valence-electron chi connectivity index (χ1n) is 5.62. The van der Waals surface area contributed by atoms with Crippen molar-refractivity contribution in [3.63, 3.8) is 0 Å². The van der Waals surface area contributed by atoms with Crippen LogP contribution in [0.3, 0.4) is 0 Å². The minimum Gasteiger partial charge on any atom is -0.379 e. The smallest absolute Gasteiger partial charge is 0.0632 e. The van der Waals surface area contributed by atoms with Crippen LogP contribution < -0.4 is 0 Å². The summed E-state index contributed by atoms with van der Waals surface area (Å²) in [4.78, 5) is 0. The number of rotatable bonds is 2. The van der Waals surface area contributed by atoms with Crippen molar-refractivity contribution in [3.05, 3.63) is 34.4 Å². The number of nitriles is 1. The van der Waals surface area contributed by atoms with Crippen LogP contribution in [0.5, 0.6) is 0 Å². The highest BCUT2D eigenvalue weighted by atomic mass is 16.5. The molecule has 0 aromatic heterocycles. The minimum atomic E-state index is -0.0450. The van der Waals surface area contributed by atoms with Crippen molar-refractivity contribution in [1.29, 1.82) is 5.26 Å². The van der Waals surface area contributed by atoms with Gasteiger partial charge in [-0.25, -0.2) is 0 Å². The van der Waals surface area contributed by atoms with E-state index >= 15 is 0 Å². The van der Waals surface area contributed by atoms with Crippen LogP contribution in [0.2, 0.25) is 0 Å². The maximum Gasteiger partial charge on any atom is 0.0632 e. The lowest BCUT2D eigenvalue weighted by molar-refractivity contribution is -0.0583. The monoisotopic (exact) mass is 215 g/mol. The molecule has 2 rings (SSSR count). The lowest BCUT2D eigenvalue weighted by atomic mass is 9.72. The molecular weight excluding hydrogens is 198 g/mol. The quantitative estimate of drug-likeness (QED) is 0.760. The zero-order valence-corrected chi connectivity index (χ0v) is 10.1. The van der Waals surface area contributed by atoms with Crippen LogP contribution >= 0.6 is 0 Å². The fourth-order valence-electron chi connectivity index (χ4n) is 2.85. The fourth-order valence-corrected chi connectivity index (χ4v) is 2.85. The predicted octanol–water partition coefficient (Wildman–Crippen LogP) is 2.79. The molecule has 0 saturated carbocycles. The predicted molar refractivity (Wildman–Crippen MR) is 63.4 cm³/mol. The third kappa shape index (κ3) is 1.62. The van der Waals surface area contributed by atoms with Crippen molar-refractivity contribution >= 4 is 0 Å². The summed E-state index contributed by atoms with van der Waals surface area (Å²) in [5, 5.41) is 8.96. The molecule has 1 fully saturated rings. The Morgan fingerprint density at radius 3 is 2.19 bits per heavy atom. The minimum absolute atomic E-state index is 0.0450. The Balaban J connectivity index is 2.51. The Morgan fingerprint density at radius 1 is 1.25 bits per heavy atom. The van der Waals surface area contributed by atoms with Gasteiger partial charge in [0.15, 0.2) is 0 Å². The molecule has 1 heterocycles. The molecule has 16 heavy (non-hydrogen) atoms. The van der Waals surface area contributed by atoms with E-state index in [0.717, 1.165) is 0 Å². The molecule has 1 saturated heterocycles. The summed E-state index contributed by atoms with van der Waals surface area (Å²) in [5.41, 5.74) is 5.14. The number of aryl methyl sites for hydroxylation is 3. The molecule has 2 heteroatoms. The van der Waals surface area contributed by atoms with E-state index < -0.39 is 0 Å². The van der Waals surface area contributed by atoms with Crippen molar-refractivity contribution in [1.82, 2.24) is 0 Å². The van der Waals surface area contributed by atoms with Gasteiger partial charge in [-0.3, -0.25) is 0 Å². The molecule has 1 aromatic rings. The molecule has 0 amide bonds. The molecule has 0 radical (unpaired) electrons. The summed E-state index contributed by atoms with van der Waals surface area (Å²) < 4.78 is 5.33. The van der Waals surface area contributed by atoms with Crippen molar-refractivity contribution in [2.45, 2.75) is 32.6 Å². The topological polar surface area (TPSA) is 33.0 Å². The second-order valence-electron chi connectivity index (χ2n) is 4.88. The number of ether oxygens (including phenoxy) is 1. The van der Waals surface area contributed by atoms with Gasteiger partial charge in [0.2, 0.25) is 0 Å². The van der Waals surface area contributed by atoms with E-state index in [0.29, 0.717) is 19.6 Å². The summed E-state index contributed by atoms with van der Waals surface area (Å²) in [6.45, 7) is 7.74. The molecule has 2 nitrogen and oxygen atoms in total. The third-order valence-electron chi connectivity index (χ3n) is 3.38. The van der Waals surface area contributed by atoms with Crippen LogP contribution in [0.25, 0.3) is 0 Å². The van der Waals surface area contributed by atoms with Gasteiger partial charge in [-0.1, -0.05) is 17.7 Å². The molecular formula is C14H17NO. The van der Waals surface area contributed by atoms with Gasteiger partial charge >= 0.3 is 0 Å². The van der Waals surface area contributed by atoms with Crippen molar-refractivity contribution < 1.29 is 4.74 Å². The Labute approximate surface area is 96.9 Å². The summed E-state index contributed by atoms with van der Waals surface area (Å²) in [7, 11) is 0. The molecule has 0 unspecified atom stereocenters. The molecule has 0 N–H and O–H groups in total. The number of hydrogen-bond donors (Lipinski definition) is 0. The summed E-state index contributed by atoms with van der Waals surface area (Å²) in [5.74, 6) is 0. The summed E-state index contributed by atoms with van der Waals surface area (Å²) in [6, 6.07) is 6.69. The van der Waals surface area contributed by atoms with E-state index in [-0.39, 0.29) is 5.41 Å². The van der Waals surface area contributed by atoms with Gasteiger partial charge in [0.05, 0.1) is 24.7 Å². The van der Waals surface area contributed by atoms with E-state index in [1.807, 2.05) is 0 Å². The largest absolute Gasteiger partial charge is 0.379 e. The molecule has 0 bridgehead atoms. The van der Waals surface area contributed by atoms with Crippen LogP contribution in [-0.2, 0) is 10.2 Å². The Bertz CT molecular complexity index is 429. The molecule has 0 aliphatic carbocycles. The average molecular weight is 215 g/mol. The summed E-state index contributed by atoms with van der Waals surface area (Å²) >= 11 is 0. The first kappa shape index (κ1) is 11.2. The first-order valence-corrected chi connectivity index (χ1v) is 5.62. The average Bonchev–Trinajstić information content (AvgIpc) is 2.12. The van der Waals surface area contributed by atoms with Gasteiger partial charge in [-0.2, -0.15) is 5.26 Å². The molecule has 1 aromatic carbocycles. The molecule has 1 aliphatic heterocycles. The second-order valence-corrected chi connectivity index (χ2v) is 4.88. The van der Waals surface area contributed by atoms with E-state index in [1.54, 1.807) is 0 Å². The highest BCUT2D eigenvalue weighted by Gasteiger charge is 2.42. The Hall–Kier alpha value is -1.33. The fraction of sp³-hybridized carbons (Fsp3) is 0.500. The zero-order valence-electron chi connectivity index (χ0n) is 10.1. The lowest BCUT2D eigenvalue weighted by Gasteiger charge is -2.42. The second kappa shape index (κ2) is 3.92.